The summed E-state index contributed by atoms with van der Waals surface area (Å²) >= 11 is 3.36. The van der Waals surface area contributed by atoms with E-state index in [0.29, 0.717) is 0 Å². The highest BCUT2D eigenvalue weighted by molar-refractivity contribution is 9.10. The van der Waals surface area contributed by atoms with Gasteiger partial charge in [-0.25, -0.2) is 0 Å². The molecular formula is C11H14BrNO2. The van der Waals surface area contributed by atoms with Crippen molar-refractivity contribution in [3.63, 3.8) is 0 Å². The first-order valence-corrected chi connectivity index (χ1v) is 5.69. The van der Waals surface area contributed by atoms with Crippen molar-refractivity contribution in [2.24, 2.45) is 0 Å². The van der Waals surface area contributed by atoms with Gasteiger partial charge in [0.15, 0.2) is 0 Å². The second-order valence-electron chi connectivity index (χ2n) is 3.46. The van der Waals surface area contributed by atoms with Crippen molar-refractivity contribution in [1.29, 1.82) is 0 Å². The number of halogens is 1. The molecule has 82 valence electrons. The average molecular weight is 272 g/mol. The SMILES string of the molecule is CC[NH+](CC(=O)[O-])Cc1ccc(Br)cc1. The quantitative estimate of drug-likeness (QED) is 0.793. The van der Waals surface area contributed by atoms with E-state index in [2.05, 4.69) is 15.9 Å². The lowest BCUT2D eigenvalue weighted by Gasteiger charge is -2.17. The third kappa shape index (κ3) is 4.44. The molecule has 0 bridgehead atoms. The van der Waals surface area contributed by atoms with Crippen molar-refractivity contribution in [2.75, 3.05) is 13.1 Å². The lowest BCUT2D eigenvalue weighted by atomic mass is 10.2. The molecule has 0 aliphatic rings. The first-order chi connectivity index (χ1) is 7.11. The van der Waals surface area contributed by atoms with Crippen LogP contribution >= 0.6 is 15.9 Å². The number of carbonyl (C=O) groups is 1. The predicted molar refractivity (Wildman–Crippen MR) is 59.2 cm³/mol. The molecule has 1 N–H and O–H groups in total. The topological polar surface area (TPSA) is 44.6 Å². The van der Waals surface area contributed by atoms with Gasteiger partial charge in [0.05, 0.1) is 12.5 Å². The third-order valence-electron chi connectivity index (χ3n) is 2.26. The van der Waals surface area contributed by atoms with Gasteiger partial charge in [-0.3, -0.25) is 0 Å². The summed E-state index contributed by atoms with van der Waals surface area (Å²) in [5.74, 6) is -0.996. The van der Waals surface area contributed by atoms with Gasteiger partial charge in [0.2, 0.25) is 0 Å². The summed E-state index contributed by atoms with van der Waals surface area (Å²) in [6.07, 6.45) is 0. The Morgan fingerprint density at radius 3 is 2.47 bits per heavy atom. The average Bonchev–Trinajstić information content (AvgIpc) is 2.19. The lowest BCUT2D eigenvalue weighted by molar-refractivity contribution is -0.906. The fourth-order valence-electron chi connectivity index (χ4n) is 1.41. The first kappa shape index (κ1) is 12.2. The second kappa shape index (κ2) is 5.88. The molecule has 4 heteroatoms. The molecule has 0 radical (unpaired) electrons. The van der Waals surface area contributed by atoms with E-state index in [0.717, 1.165) is 28.0 Å². The molecule has 1 aromatic carbocycles. The molecule has 3 nitrogen and oxygen atoms in total. The van der Waals surface area contributed by atoms with E-state index in [-0.39, 0.29) is 6.54 Å². The van der Waals surface area contributed by atoms with Crippen LogP contribution in [0.25, 0.3) is 0 Å². The molecule has 0 aliphatic heterocycles. The maximum atomic E-state index is 10.5. The summed E-state index contributed by atoms with van der Waals surface area (Å²) in [5.41, 5.74) is 1.14. The van der Waals surface area contributed by atoms with Crippen LogP contribution in [-0.4, -0.2) is 19.1 Å². The van der Waals surface area contributed by atoms with Crippen LogP contribution in [0.15, 0.2) is 28.7 Å². The van der Waals surface area contributed by atoms with E-state index in [9.17, 15) is 9.90 Å². The van der Waals surface area contributed by atoms with E-state index in [1.807, 2.05) is 31.2 Å². The highest BCUT2D eigenvalue weighted by Crippen LogP contribution is 2.09. The van der Waals surface area contributed by atoms with Gasteiger partial charge in [-0.05, 0) is 19.1 Å². The minimum absolute atomic E-state index is 0.0621. The smallest absolute Gasteiger partial charge is 0.118 e. The van der Waals surface area contributed by atoms with Gasteiger partial charge in [-0.1, -0.05) is 28.1 Å². The van der Waals surface area contributed by atoms with Crippen molar-refractivity contribution in [3.8, 4) is 0 Å². The van der Waals surface area contributed by atoms with Crippen molar-refractivity contribution in [1.82, 2.24) is 0 Å². The van der Waals surface area contributed by atoms with Crippen LogP contribution in [0.1, 0.15) is 12.5 Å². The number of likely N-dealkylation sites (N-methyl/N-ethyl adjacent to an activating group) is 1. The van der Waals surface area contributed by atoms with Crippen LogP contribution < -0.4 is 10.0 Å². The van der Waals surface area contributed by atoms with Gasteiger partial charge >= 0.3 is 0 Å². The number of quaternary nitrogens is 1. The number of hydrogen-bond donors (Lipinski definition) is 1. The molecule has 0 heterocycles. The largest absolute Gasteiger partial charge is 0.544 e. The third-order valence-corrected chi connectivity index (χ3v) is 2.79. The highest BCUT2D eigenvalue weighted by atomic mass is 79.9. The number of aliphatic carboxylic acids is 1. The van der Waals surface area contributed by atoms with Gasteiger partial charge in [-0.15, -0.1) is 0 Å². The second-order valence-corrected chi connectivity index (χ2v) is 4.37. The molecular weight excluding hydrogens is 258 g/mol. The summed E-state index contributed by atoms with van der Waals surface area (Å²) in [7, 11) is 0. The molecule has 0 fully saturated rings. The van der Waals surface area contributed by atoms with E-state index in [4.69, 9.17) is 0 Å². The van der Waals surface area contributed by atoms with Crippen LogP contribution in [0.3, 0.4) is 0 Å². The van der Waals surface area contributed by atoms with Crippen LogP contribution in [0.5, 0.6) is 0 Å². The number of carbonyl (C=O) groups excluding carboxylic acids is 1. The normalized spacial score (nSPS) is 12.4. The number of carboxylic acids is 1. The molecule has 0 aromatic heterocycles. The van der Waals surface area contributed by atoms with Crippen LogP contribution in [0.2, 0.25) is 0 Å². The van der Waals surface area contributed by atoms with Gasteiger partial charge in [-0.2, -0.15) is 0 Å². The molecule has 1 atom stereocenters. The number of benzene rings is 1. The lowest BCUT2D eigenvalue weighted by Crippen LogP contribution is -3.11. The number of nitrogens with one attached hydrogen (secondary N) is 1. The fraction of sp³-hybridized carbons (Fsp3) is 0.364. The zero-order chi connectivity index (χ0) is 11.3. The Morgan fingerprint density at radius 2 is 2.00 bits per heavy atom. The first-order valence-electron chi connectivity index (χ1n) is 4.89. The Kier molecular flexibility index (Phi) is 4.78. The van der Waals surface area contributed by atoms with Crippen molar-refractivity contribution < 1.29 is 14.8 Å². The van der Waals surface area contributed by atoms with Gasteiger partial charge < -0.3 is 14.8 Å². The number of carboxylic acid groups (broad SMARTS) is 1. The van der Waals surface area contributed by atoms with Gasteiger partial charge in [0.1, 0.15) is 13.1 Å². The summed E-state index contributed by atoms with van der Waals surface area (Å²) < 4.78 is 1.03. The van der Waals surface area contributed by atoms with E-state index >= 15 is 0 Å². The Bertz CT molecular complexity index is 324. The maximum absolute atomic E-state index is 10.5. The Morgan fingerprint density at radius 1 is 1.40 bits per heavy atom. The van der Waals surface area contributed by atoms with E-state index in [1.165, 1.54) is 0 Å². The number of hydrogen-bond acceptors (Lipinski definition) is 2. The molecule has 1 unspecified atom stereocenters. The van der Waals surface area contributed by atoms with E-state index in [1.54, 1.807) is 0 Å². The van der Waals surface area contributed by atoms with Gasteiger partial charge in [0, 0.05) is 10.0 Å². The summed E-state index contributed by atoms with van der Waals surface area (Å²) in [4.78, 5) is 11.5. The minimum atomic E-state index is -0.996. The minimum Gasteiger partial charge on any atom is -0.544 e. The van der Waals surface area contributed by atoms with Crippen molar-refractivity contribution in [2.45, 2.75) is 13.5 Å². The van der Waals surface area contributed by atoms with Crippen molar-refractivity contribution >= 4 is 21.9 Å². The molecule has 0 saturated carbocycles. The highest BCUT2D eigenvalue weighted by Gasteiger charge is 2.06. The summed E-state index contributed by atoms with van der Waals surface area (Å²) in [6, 6.07) is 7.91. The van der Waals surface area contributed by atoms with Crippen LogP contribution in [-0.2, 0) is 11.3 Å². The molecule has 0 spiro atoms. The molecule has 0 amide bonds. The Hall–Kier alpha value is -0.870. The van der Waals surface area contributed by atoms with Crippen molar-refractivity contribution in [3.05, 3.63) is 34.3 Å². The standard InChI is InChI=1S/C11H14BrNO2/c1-2-13(8-11(14)15)7-9-3-5-10(12)6-4-9/h3-6H,2,7-8H2,1H3,(H,14,15). The van der Waals surface area contributed by atoms with Gasteiger partial charge in [0.25, 0.3) is 0 Å². The summed E-state index contributed by atoms with van der Waals surface area (Å²) in [5, 5.41) is 10.5. The van der Waals surface area contributed by atoms with Crippen LogP contribution in [0, 0.1) is 0 Å². The molecule has 15 heavy (non-hydrogen) atoms. The molecule has 1 rings (SSSR count). The zero-order valence-corrected chi connectivity index (χ0v) is 10.2. The van der Waals surface area contributed by atoms with Crippen LogP contribution in [0.4, 0.5) is 0 Å². The predicted octanol–water partition coefficient (Wildman–Crippen LogP) is -0.396. The maximum Gasteiger partial charge on any atom is 0.118 e. The number of rotatable bonds is 5. The Labute approximate surface area is 97.8 Å². The molecule has 0 aliphatic carbocycles. The fourth-order valence-corrected chi connectivity index (χ4v) is 1.67. The van der Waals surface area contributed by atoms with E-state index < -0.39 is 5.97 Å². The summed E-state index contributed by atoms with van der Waals surface area (Å²) in [6.45, 7) is 3.53. The molecule has 0 saturated heterocycles. The zero-order valence-electron chi connectivity index (χ0n) is 8.63. The Balaban J connectivity index is 2.58. The molecule has 1 aromatic rings. The monoisotopic (exact) mass is 271 g/mol.